The lowest BCUT2D eigenvalue weighted by molar-refractivity contribution is -0.0265. The van der Waals surface area contributed by atoms with Crippen molar-refractivity contribution < 1.29 is 9.47 Å². The Kier molecular flexibility index (Phi) is 5.67. The molecule has 1 aromatic rings. The van der Waals surface area contributed by atoms with Crippen LogP contribution in [-0.2, 0) is 16.0 Å². The van der Waals surface area contributed by atoms with E-state index in [1.54, 1.807) is 11.8 Å². The Labute approximate surface area is 135 Å². The molecule has 0 N–H and O–H groups in total. The van der Waals surface area contributed by atoms with Gasteiger partial charge < -0.3 is 9.47 Å². The summed E-state index contributed by atoms with van der Waals surface area (Å²) in [4.78, 5) is 2.46. The van der Waals surface area contributed by atoms with E-state index in [9.17, 15) is 0 Å². The van der Waals surface area contributed by atoms with E-state index in [1.165, 1.54) is 0 Å². The molecule has 124 valence electrons. The first-order chi connectivity index (χ1) is 10.7. The second-order valence-electron chi connectivity index (χ2n) is 6.17. The number of hydrogen-bond acceptors (Lipinski definition) is 7. The number of thioether (sulfide) groups is 1. The third-order valence-electron chi connectivity index (χ3n) is 4.20. The highest BCUT2D eigenvalue weighted by Gasteiger charge is 2.24. The van der Waals surface area contributed by atoms with Gasteiger partial charge in [-0.1, -0.05) is 11.8 Å². The van der Waals surface area contributed by atoms with Crippen molar-refractivity contribution in [2.45, 2.75) is 56.6 Å². The molecule has 8 heteroatoms. The van der Waals surface area contributed by atoms with Gasteiger partial charge in [-0.15, -0.1) is 5.10 Å². The van der Waals surface area contributed by atoms with Crippen LogP contribution < -0.4 is 0 Å². The molecule has 0 spiro atoms. The molecule has 0 aliphatic carbocycles. The van der Waals surface area contributed by atoms with Gasteiger partial charge in [-0.25, -0.2) is 4.68 Å². The summed E-state index contributed by atoms with van der Waals surface area (Å²) in [7, 11) is 0. The fourth-order valence-electron chi connectivity index (χ4n) is 2.88. The maximum Gasteiger partial charge on any atom is 0.209 e. The van der Waals surface area contributed by atoms with E-state index >= 15 is 0 Å². The largest absolute Gasteiger partial charge is 0.376 e. The molecule has 2 fully saturated rings. The number of rotatable bonds is 6. The normalized spacial score (nSPS) is 26.9. The van der Waals surface area contributed by atoms with Crippen LogP contribution in [0.5, 0.6) is 0 Å². The van der Waals surface area contributed by atoms with Crippen molar-refractivity contribution in [3.63, 3.8) is 0 Å². The first-order valence-electron chi connectivity index (χ1n) is 8.08. The lowest BCUT2D eigenvalue weighted by atomic mass is 10.2. The molecule has 7 nitrogen and oxygen atoms in total. The van der Waals surface area contributed by atoms with Gasteiger partial charge in [-0.2, -0.15) is 0 Å². The second kappa shape index (κ2) is 7.72. The molecule has 22 heavy (non-hydrogen) atoms. The minimum atomic E-state index is 0.244. The van der Waals surface area contributed by atoms with Crippen LogP contribution in [0.25, 0.3) is 0 Å². The third kappa shape index (κ3) is 4.18. The van der Waals surface area contributed by atoms with Gasteiger partial charge in [0.1, 0.15) is 0 Å². The van der Waals surface area contributed by atoms with Crippen LogP contribution in [0.15, 0.2) is 5.16 Å². The molecule has 0 unspecified atom stereocenters. The van der Waals surface area contributed by atoms with Crippen molar-refractivity contribution in [3.8, 4) is 0 Å². The number of aromatic nitrogens is 4. The van der Waals surface area contributed by atoms with Gasteiger partial charge in [0.2, 0.25) is 5.16 Å². The Morgan fingerprint density at radius 2 is 2.14 bits per heavy atom. The summed E-state index contributed by atoms with van der Waals surface area (Å²) in [5.74, 6) is 0.884. The molecule has 1 aromatic heterocycles. The molecule has 2 saturated heterocycles. The van der Waals surface area contributed by atoms with Gasteiger partial charge in [-0.05, 0) is 37.1 Å². The van der Waals surface area contributed by atoms with Crippen LogP contribution in [0.1, 0.15) is 26.7 Å². The standard InChI is InChI=1S/C14H25N5O2S/c1-11(2)18-5-7-21-13(8-18)10-22-14-15-16-17-19(14)9-12-4-3-6-20-12/h11-13H,3-10H2,1-2H3/t12-,13-/m0/s1. The predicted molar refractivity (Wildman–Crippen MR) is 84.0 cm³/mol. The highest BCUT2D eigenvalue weighted by Crippen LogP contribution is 2.21. The molecule has 3 heterocycles. The van der Waals surface area contributed by atoms with Gasteiger partial charge in [0.05, 0.1) is 25.4 Å². The molecule has 2 atom stereocenters. The van der Waals surface area contributed by atoms with E-state index in [4.69, 9.17) is 9.47 Å². The van der Waals surface area contributed by atoms with Gasteiger partial charge >= 0.3 is 0 Å². The van der Waals surface area contributed by atoms with Crippen molar-refractivity contribution in [1.82, 2.24) is 25.1 Å². The first-order valence-corrected chi connectivity index (χ1v) is 9.07. The molecule has 0 bridgehead atoms. The van der Waals surface area contributed by atoms with Crippen LogP contribution >= 0.6 is 11.8 Å². The van der Waals surface area contributed by atoms with Crippen molar-refractivity contribution >= 4 is 11.8 Å². The summed E-state index contributed by atoms with van der Waals surface area (Å²) < 4.78 is 13.4. The molecule has 0 amide bonds. The smallest absolute Gasteiger partial charge is 0.209 e. The number of ether oxygens (including phenoxy) is 2. The van der Waals surface area contributed by atoms with Crippen molar-refractivity contribution in [2.24, 2.45) is 0 Å². The second-order valence-corrected chi connectivity index (χ2v) is 7.16. The predicted octanol–water partition coefficient (Wildman–Crippen LogP) is 1.05. The van der Waals surface area contributed by atoms with Gasteiger partial charge in [0, 0.05) is 31.5 Å². The molecule has 0 saturated carbocycles. The highest BCUT2D eigenvalue weighted by atomic mass is 32.2. The number of tetrazole rings is 1. The van der Waals surface area contributed by atoms with Crippen molar-refractivity contribution in [1.29, 1.82) is 0 Å². The summed E-state index contributed by atoms with van der Waals surface area (Å²) >= 11 is 1.68. The van der Waals surface area contributed by atoms with Crippen molar-refractivity contribution in [2.75, 3.05) is 32.1 Å². The lowest BCUT2D eigenvalue weighted by Crippen LogP contribution is -2.46. The maximum atomic E-state index is 5.86. The molecule has 2 aliphatic heterocycles. The fourth-order valence-corrected chi connectivity index (χ4v) is 3.77. The first kappa shape index (κ1) is 16.2. The highest BCUT2D eigenvalue weighted by molar-refractivity contribution is 7.99. The minimum absolute atomic E-state index is 0.244. The summed E-state index contributed by atoms with van der Waals surface area (Å²) in [6.45, 7) is 8.89. The summed E-state index contributed by atoms with van der Waals surface area (Å²) in [5, 5.41) is 12.9. The molecule has 2 aliphatic rings. The Bertz CT molecular complexity index is 464. The van der Waals surface area contributed by atoms with E-state index in [1.807, 2.05) is 4.68 Å². The average molecular weight is 327 g/mol. The number of hydrogen-bond donors (Lipinski definition) is 0. The zero-order valence-corrected chi connectivity index (χ0v) is 14.2. The molecular weight excluding hydrogens is 302 g/mol. The summed E-state index contributed by atoms with van der Waals surface area (Å²) in [5.41, 5.74) is 0. The summed E-state index contributed by atoms with van der Waals surface area (Å²) in [6, 6.07) is 0.571. The zero-order chi connectivity index (χ0) is 15.4. The molecule has 0 aromatic carbocycles. The number of nitrogens with zero attached hydrogens (tertiary/aromatic N) is 5. The fraction of sp³-hybridized carbons (Fsp3) is 0.929. The SMILES string of the molecule is CC(C)N1CCO[C@H](CSc2nnnn2C[C@@H]2CCCO2)C1. The topological polar surface area (TPSA) is 65.3 Å². The van der Waals surface area contributed by atoms with E-state index in [0.29, 0.717) is 6.04 Å². The molecule has 0 radical (unpaired) electrons. The third-order valence-corrected chi connectivity index (χ3v) is 5.29. The van der Waals surface area contributed by atoms with E-state index < -0.39 is 0 Å². The van der Waals surface area contributed by atoms with Gasteiger partial charge in [-0.3, -0.25) is 4.90 Å². The van der Waals surface area contributed by atoms with E-state index in [-0.39, 0.29) is 12.2 Å². The van der Waals surface area contributed by atoms with Crippen LogP contribution in [0, 0.1) is 0 Å². The Hall–Kier alpha value is -0.700. The van der Waals surface area contributed by atoms with Gasteiger partial charge in [0.25, 0.3) is 0 Å². The molecule has 3 rings (SSSR count). The van der Waals surface area contributed by atoms with E-state index in [0.717, 1.165) is 56.6 Å². The quantitative estimate of drug-likeness (QED) is 0.724. The van der Waals surface area contributed by atoms with Crippen LogP contribution in [-0.4, -0.2) is 75.4 Å². The Morgan fingerprint density at radius 3 is 2.91 bits per heavy atom. The molecular formula is C14H25N5O2S. The van der Waals surface area contributed by atoms with Crippen LogP contribution in [0.2, 0.25) is 0 Å². The lowest BCUT2D eigenvalue weighted by Gasteiger charge is -2.35. The zero-order valence-electron chi connectivity index (χ0n) is 13.3. The Balaban J connectivity index is 1.50. The van der Waals surface area contributed by atoms with Crippen molar-refractivity contribution in [3.05, 3.63) is 0 Å². The van der Waals surface area contributed by atoms with Crippen LogP contribution in [0.3, 0.4) is 0 Å². The monoisotopic (exact) mass is 327 g/mol. The van der Waals surface area contributed by atoms with Gasteiger partial charge in [0.15, 0.2) is 0 Å². The maximum absolute atomic E-state index is 5.86. The average Bonchev–Trinajstić information content (AvgIpc) is 3.18. The summed E-state index contributed by atoms with van der Waals surface area (Å²) in [6.07, 6.45) is 2.73. The minimum Gasteiger partial charge on any atom is -0.376 e. The van der Waals surface area contributed by atoms with Crippen LogP contribution in [0.4, 0.5) is 0 Å². The van der Waals surface area contributed by atoms with E-state index in [2.05, 4.69) is 34.3 Å². The number of morpholine rings is 1. The Morgan fingerprint density at radius 1 is 1.27 bits per heavy atom.